The van der Waals surface area contributed by atoms with Crippen LogP contribution in [-0.2, 0) is 0 Å². The minimum Gasteiger partial charge on any atom is -0.355 e. The number of carbonyl (C=O) groups excluding carboxylic acids is 1. The summed E-state index contributed by atoms with van der Waals surface area (Å²) in [4.78, 5) is 12.2. The van der Waals surface area contributed by atoms with Gasteiger partial charge in [0.05, 0.1) is 5.56 Å². The van der Waals surface area contributed by atoms with E-state index in [1.54, 1.807) is 7.05 Å². The van der Waals surface area contributed by atoms with Crippen LogP contribution in [0.15, 0.2) is 48.5 Å². The number of fused-ring (bicyclic) bond motifs is 3. The van der Waals surface area contributed by atoms with Gasteiger partial charge in [0.2, 0.25) is 0 Å². The molecule has 2 heteroatoms. The molecule has 0 unspecified atom stereocenters. The molecule has 0 fully saturated rings. The molecular weight excluding hydrogens is 234 g/mol. The van der Waals surface area contributed by atoms with Gasteiger partial charge in [0.25, 0.3) is 5.91 Å². The Balaban J connectivity index is 2.59. The maximum Gasteiger partial charge on any atom is 0.251 e. The molecule has 0 radical (unpaired) electrons. The van der Waals surface area contributed by atoms with Crippen LogP contribution in [0.4, 0.5) is 0 Å². The predicted octanol–water partition coefficient (Wildman–Crippen LogP) is 3.66. The van der Waals surface area contributed by atoms with E-state index in [1.165, 1.54) is 5.39 Å². The molecule has 0 heterocycles. The second-order valence-electron chi connectivity index (χ2n) is 4.67. The van der Waals surface area contributed by atoms with E-state index in [2.05, 4.69) is 23.5 Å². The SMILES string of the molecule is CNC(=O)c1c(C)c2ccccc2c2ccccc12. The molecule has 3 aromatic rings. The molecule has 0 saturated heterocycles. The van der Waals surface area contributed by atoms with Crippen molar-refractivity contribution in [2.45, 2.75) is 6.92 Å². The van der Waals surface area contributed by atoms with Gasteiger partial charge in [-0.05, 0) is 34.0 Å². The van der Waals surface area contributed by atoms with Crippen LogP contribution < -0.4 is 5.32 Å². The fraction of sp³-hybridized carbons (Fsp3) is 0.118. The zero-order valence-electron chi connectivity index (χ0n) is 11.0. The Labute approximate surface area is 112 Å². The average molecular weight is 249 g/mol. The smallest absolute Gasteiger partial charge is 0.251 e. The van der Waals surface area contributed by atoms with Crippen molar-refractivity contribution in [3.63, 3.8) is 0 Å². The van der Waals surface area contributed by atoms with E-state index in [0.29, 0.717) is 0 Å². The third-order valence-corrected chi connectivity index (χ3v) is 3.65. The third kappa shape index (κ3) is 1.68. The van der Waals surface area contributed by atoms with Gasteiger partial charge in [-0.15, -0.1) is 0 Å². The number of carbonyl (C=O) groups is 1. The van der Waals surface area contributed by atoms with E-state index in [0.717, 1.165) is 27.3 Å². The van der Waals surface area contributed by atoms with Gasteiger partial charge >= 0.3 is 0 Å². The first kappa shape index (κ1) is 11.7. The van der Waals surface area contributed by atoms with Crippen LogP contribution in [-0.4, -0.2) is 13.0 Å². The van der Waals surface area contributed by atoms with Crippen molar-refractivity contribution in [2.24, 2.45) is 0 Å². The van der Waals surface area contributed by atoms with E-state index in [4.69, 9.17) is 0 Å². The molecule has 0 aliphatic heterocycles. The Kier molecular flexibility index (Phi) is 2.71. The monoisotopic (exact) mass is 249 g/mol. The summed E-state index contributed by atoms with van der Waals surface area (Å²) in [5.74, 6) is -0.0283. The summed E-state index contributed by atoms with van der Waals surface area (Å²) >= 11 is 0. The van der Waals surface area contributed by atoms with Crippen LogP contribution in [0.2, 0.25) is 0 Å². The van der Waals surface area contributed by atoms with Crippen molar-refractivity contribution in [2.75, 3.05) is 7.05 Å². The minimum absolute atomic E-state index is 0.0283. The maximum atomic E-state index is 12.2. The van der Waals surface area contributed by atoms with E-state index in [-0.39, 0.29) is 5.91 Å². The predicted molar refractivity (Wildman–Crippen MR) is 79.6 cm³/mol. The highest BCUT2D eigenvalue weighted by molar-refractivity contribution is 6.18. The molecule has 0 bridgehead atoms. The summed E-state index contributed by atoms with van der Waals surface area (Å²) in [6.45, 7) is 2.01. The third-order valence-electron chi connectivity index (χ3n) is 3.65. The van der Waals surface area contributed by atoms with Crippen molar-refractivity contribution in [1.29, 1.82) is 0 Å². The summed E-state index contributed by atoms with van der Waals surface area (Å²) in [5, 5.41) is 7.22. The molecule has 0 atom stereocenters. The number of benzene rings is 3. The summed E-state index contributed by atoms with van der Waals surface area (Å²) in [7, 11) is 1.67. The molecule has 3 rings (SSSR count). The summed E-state index contributed by atoms with van der Waals surface area (Å²) in [6.07, 6.45) is 0. The lowest BCUT2D eigenvalue weighted by Crippen LogP contribution is -2.19. The van der Waals surface area contributed by atoms with Crippen LogP contribution >= 0.6 is 0 Å². The minimum atomic E-state index is -0.0283. The van der Waals surface area contributed by atoms with E-state index in [9.17, 15) is 4.79 Å². The Hall–Kier alpha value is -2.35. The van der Waals surface area contributed by atoms with Crippen molar-refractivity contribution < 1.29 is 4.79 Å². The van der Waals surface area contributed by atoms with Crippen LogP contribution in [0, 0.1) is 6.92 Å². The van der Waals surface area contributed by atoms with Crippen molar-refractivity contribution in [1.82, 2.24) is 5.32 Å². The summed E-state index contributed by atoms with van der Waals surface area (Å²) < 4.78 is 0. The first-order valence-corrected chi connectivity index (χ1v) is 6.36. The zero-order chi connectivity index (χ0) is 13.4. The van der Waals surface area contributed by atoms with Gasteiger partial charge in [0, 0.05) is 7.05 Å². The molecule has 94 valence electrons. The molecule has 0 aliphatic carbocycles. The van der Waals surface area contributed by atoms with Gasteiger partial charge in [-0.2, -0.15) is 0 Å². The second-order valence-corrected chi connectivity index (χ2v) is 4.67. The molecule has 2 nitrogen and oxygen atoms in total. The largest absolute Gasteiger partial charge is 0.355 e. The molecule has 3 aromatic carbocycles. The molecule has 0 aromatic heterocycles. The van der Waals surface area contributed by atoms with Gasteiger partial charge in [0.15, 0.2) is 0 Å². The number of nitrogens with one attached hydrogen (secondary N) is 1. The molecule has 1 amide bonds. The van der Waals surface area contributed by atoms with E-state index >= 15 is 0 Å². The quantitative estimate of drug-likeness (QED) is 0.655. The van der Waals surface area contributed by atoms with Crippen molar-refractivity contribution in [3.8, 4) is 0 Å². The van der Waals surface area contributed by atoms with Gasteiger partial charge < -0.3 is 5.32 Å². The van der Waals surface area contributed by atoms with Crippen molar-refractivity contribution in [3.05, 3.63) is 59.7 Å². The topological polar surface area (TPSA) is 29.1 Å². The number of aryl methyl sites for hydroxylation is 1. The zero-order valence-corrected chi connectivity index (χ0v) is 11.0. The normalized spacial score (nSPS) is 10.8. The summed E-state index contributed by atoms with van der Waals surface area (Å²) in [6, 6.07) is 16.3. The summed E-state index contributed by atoms with van der Waals surface area (Å²) in [5.41, 5.74) is 1.81. The molecule has 0 spiro atoms. The molecular formula is C17H15NO. The first-order chi connectivity index (χ1) is 9.24. The average Bonchev–Trinajstić information content (AvgIpc) is 2.47. The van der Waals surface area contributed by atoms with Crippen molar-refractivity contribution >= 4 is 27.5 Å². The van der Waals surface area contributed by atoms with Gasteiger partial charge in [-0.3, -0.25) is 4.79 Å². The fourth-order valence-corrected chi connectivity index (χ4v) is 2.74. The van der Waals surface area contributed by atoms with E-state index < -0.39 is 0 Å². The highest BCUT2D eigenvalue weighted by Gasteiger charge is 2.15. The van der Waals surface area contributed by atoms with Gasteiger partial charge in [0.1, 0.15) is 0 Å². The fourth-order valence-electron chi connectivity index (χ4n) is 2.74. The Bertz CT molecular complexity index is 790. The molecule has 0 saturated carbocycles. The Morgan fingerprint density at radius 2 is 1.32 bits per heavy atom. The standard InChI is InChI=1S/C17H15NO/c1-11-12-7-3-4-8-13(12)14-9-5-6-10-15(14)16(11)17(19)18-2/h3-10H,1-2H3,(H,18,19). The highest BCUT2D eigenvalue weighted by atomic mass is 16.1. The maximum absolute atomic E-state index is 12.2. The first-order valence-electron chi connectivity index (χ1n) is 6.36. The van der Waals surface area contributed by atoms with Gasteiger partial charge in [-0.1, -0.05) is 48.5 Å². The number of amides is 1. The number of rotatable bonds is 1. The van der Waals surface area contributed by atoms with E-state index in [1.807, 2.05) is 37.3 Å². The van der Waals surface area contributed by atoms with Crippen LogP contribution in [0.5, 0.6) is 0 Å². The highest BCUT2D eigenvalue weighted by Crippen LogP contribution is 2.32. The number of hydrogen-bond acceptors (Lipinski definition) is 1. The molecule has 0 aliphatic rings. The van der Waals surface area contributed by atoms with Crippen LogP contribution in [0.3, 0.4) is 0 Å². The Morgan fingerprint density at radius 1 is 0.842 bits per heavy atom. The molecule has 19 heavy (non-hydrogen) atoms. The lowest BCUT2D eigenvalue weighted by atomic mass is 9.92. The second kappa shape index (κ2) is 4.39. The molecule has 1 N–H and O–H groups in total. The lowest BCUT2D eigenvalue weighted by Gasteiger charge is -2.13. The van der Waals surface area contributed by atoms with Gasteiger partial charge in [-0.25, -0.2) is 0 Å². The number of hydrogen-bond donors (Lipinski definition) is 1. The lowest BCUT2D eigenvalue weighted by molar-refractivity contribution is 0.0964. The van der Waals surface area contributed by atoms with Crippen LogP contribution in [0.25, 0.3) is 21.5 Å². The Morgan fingerprint density at radius 3 is 1.89 bits per heavy atom. The van der Waals surface area contributed by atoms with Crippen LogP contribution in [0.1, 0.15) is 15.9 Å².